The lowest BCUT2D eigenvalue weighted by atomic mass is 10.1. The molecule has 1 fully saturated rings. The number of aromatic nitrogens is 2. The molecule has 0 aliphatic heterocycles. The van der Waals surface area contributed by atoms with Gasteiger partial charge in [-0.3, -0.25) is 9.59 Å². The number of benzene rings is 2. The van der Waals surface area contributed by atoms with Crippen molar-refractivity contribution >= 4 is 17.6 Å². The Hall–Kier alpha value is -3.41. The fourth-order valence-electron chi connectivity index (χ4n) is 3.29. The van der Waals surface area contributed by atoms with Crippen LogP contribution in [0.5, 0.6) is 0 Å². The maximum absolute atomic E-state index is 12.5. The van der Waals surface area contributed by atoms with Crippen LogP contribution in [0.4, 0.5) is 5.82 Å². The first-order valence-electron chi connectivity index (χ1n) is 10.4. The van der Waals surface area contributed by atoms with Gasteiger partial charge in [0.15, 0.2) is 5.82 Å². The number of aryl methyl sites for hydroxylation is 1. The Labute approximate surface area is 176 Å². The van der Waals surface area contributed by atoms with Gasteiger partial charge in [0.1, 0.15) is 6.33 Å². The van der Waals surface area contributed by atoms with Crippen LogP contribution in [0.15, 0.2) is 67.1 Å². The first kappa shape index (κ1) is 19.9. The average Bonchev–Trinajstić information content (AvgIpc) is 3.52. The van der Waals surface area contributed by atoms with Crippen molar-refractivity contribution in [1.82, 2.24) is 14.9 Å². The van der Waals surface area contributed by atoms with E-state index in [1.54, 1.807) is 24.7 Å². The second-order valence-corrected chi connectivity index (χ2v) is 7.88. The topological polar surface area (TPSA) is 76.0 Å². The van der Waals surface area contributed by atoms with Gasteiger partial charge in [-0.15, -0.1) is 0 Å². The van der Waals surface area contributed by atoms with Gasteiger partial charge in [0.25, 0.3) is 5.91 Å². The molecule has 1 atom stereocenters. The number of nitrogens with one attached hydrogen (secondary N) is 2. The lowest BCUT2D eigenvalue weighted by Crippen LogP contribution is -2.32. The first-order chi connectivity index (χ1) is 14.6. The molecule has 6 nitrogen and oxygen atoms in total. The third-order valence-electron chi connectivity index (χ3n) is 5.30. The van der Waals surface area contributed by atoms with E-state index in [1.165, 1.54) is 5.56 Å². The molecular formula is C24H26N4O2. The molecule has 0 unspecified atom stereocenters. The molecule has 1 aliphatic carbocycles. The third kappa shape index (κ3) is 5.14. The van der Waals surface area contributed by atoms with E-state index < -0.39 is 0 Å². The number of rotatable bonds is 8. The van der Waals surface area contributed by atoms with E-state index in [1.807, 2.05) is 41.8 Å². The van der Waals surface area contributed by atoms with Crippen molar-refractivity contribution in [2.45, 2.75) is 38.6 Å². The van der Waals surface area contributed by atoms with Crippen molar-refractivity contribution in [2.75, 3.05) is 5.32 Å². The zero-order valence-corrected chi connectivity index (χ0v) is 17.0. The lowest BCUT2D eigenvalue weighted by molar-refractivity contribution is -0.117. The first-order valence-corrected chi connectivity index (χ1v) is 10.4. The Balaban J connectivity index is 1.31. The van der Waals surface area contributed by atoms with E-state index in [2.05, 4.69) is 27.8 Å². The van der Waals surface area contributed by atoms with E-state index in [0.717, 1.165) is 31.4 Å². The average molecular weight is 402 g/mol. The van der Waals surface area contributed by atoms with Crippen LogP contribution < -0.4 is 10.6 Å². The van der Waals surface area contributed by atoms with E-state index in [9.17, 15) is 9.59 Å². The number of anilines is 1. The second-order valence-electron chi connectivity index (χ2n) is 7.88. The zero-order valence-electron chi connectivity index (χ0n) is 17.0. The smallest absolute Gasteiger partial charge is 0.251 e. The highest BCUT2D eigenvalue weighted by Crippen LogP contribution is 2.30. The number of hydrogen-bond acceptors (Lipinski definition) is 3. The summed E-state index contributed by atoms with van der Waals surface area (Å²) >= 11 is 0. The van der Waals surface area contributed by atoms with Gasteiger partial charge in [0, 0.05) is 23.2 Å². The minimum Gasteiger partial charge on any atom is -0.350 e. The number of hydrogen-bond donors (Lipinski definition) is 2. The van der Waals surface area contributed by atoms with Crippen LogP contribution in [-0.4, -0.2) is 27.4 Å². The van der Waals surface area contributed by atoms with Crippen molar-refractivity contribution in [1.29, 1.82) is 0 Å². The van der Waals surface area contributed by atoms with Crippen LogP contribution in [0.1, 0.15) is 42.1 Å². The quantitative estimate of drug-likeness (QED) is 0.599. The van der Waals surface area contributed by atoms with Crippen molar-refractivity contribution < 1.29 is 9.59 Å². The summed E-state index contributed by atoms with van der Waals surface area (Å²) in [5.74, 6) is 0.641. The number of nitrogens with zero attached hydrogens (tertiary/aromatic N) is 2. The summed E-state index contributed by atoms with van der Waals surface area (Å²) in [4.78, 5) is 28.6. The van der Waals surface area contributed by atoms with Gasteiger partial charge in [-0.1, -0.05) is 30.3 Å². The summed E-state index contributed by atoms with van der Waals surface area (Å²) in [6.45, 7) is 2.03. The monoisotopic (exact) mass is 402 g/mol. The van der Waals surface area contributed by atoms with Crippen LogP contribution in [0.3, 0.4) is 0 Å². The molecule has 4 rings (SSSR count). The predicted octanol–water partition coefficient (Wildman–Crippen LogP) is 3.97. The molecule has 0 bridgehead atoms. The maximum Gasteiger partial charge on any atom is 0.251 e. The number of imidazole rings is 1. The molecule has 30 heavy (non-hydrogen) atoms. The van der Waals surface area contributed by atoms with Gasteiger partial charge in [0.2, 0.25) is 5.91 Å². The van der Waals surface area contributed by atoms with Gasteiger partial charge in [0.05, 0.1) is 6.20 Å². The number of carbonyl (C=O) groups excluding carboxylic acids is 2. The maximum atomic E-state index is 12.5. The Morgan fingerprint density at radius 3 is 2.53 bits per heavy atom. The van der Waals surface area contributed by atoms with Gasteiger partial charge < -0.3 is 15.2 Å². The highest BCUT2D eigenvalue weighted by molar-refractivity contribution is 5.94. The van der Waals surface area contributed by atoms with Crippen LogP contribution in [-0.2, 0) is 11.2 Å². The predicted molar refractivity (Wildman–Crippen MR) is 117 cm³/mol. The highest BCUT2D eigenvalue weighted by atomic mass is 16.2. The Bertz CT molecular complexity index is 1010. The largest absolute Gasteiger partial charge is 0.350 e. The molecule has 2 N–H and O–H groups in total. The molecule has 0 spiro atoms. The van der Waals surface area contributed by atoms with Gasteiger partial charge >= 0.3 is 0 Å². The lowest BCUT2D eigenvalue weighted by Gasteiger charge is -2.14. The fraction of sp³-hybridized carbons (Fsp3) is 0.292. The molecule has 6 heteroatoms. The molecule has 1 aromatic heterocycles. The van der Waals surface area contributed by atoms with Crippen LogP contribution in [0.2, 0.25) is 0 Å². The normalized spacial score (nSPS) is 14.2. The van der Waals surface area contributed by atoms with Gasteiger partial charge in [-0.2, -0.15) is 0 Å². The molecule has 1 heterocycles. The zero-order chi connectivity index (χ0) is 20.9. The minimum absolute atomic E-state index is 0.0358. The van der Waals surface area contributed by atoms with Crippen molar-refractivity contribution in [2.24, 2.45) is 5.92 Å². The third-order valence-corrected chi connectivity index (χ3v) is 5.30. The van der Waals surface area contributed by atoms with Crippen LogP contribution >= 0.6 is 0 Å². The summed E-state index contributed by atoms with van der Waals surface area (Å²) in [5, 5.41) is 5.90. The van der Waals surface area contributed by atoms with E-state index in [0.29, 0.717) is 11.4 Å². The molecule has 154 valence electrons. The summed E-state index contributed by atoms with van der Waals surface area (Å²) in [6, 6.07) is 17.7. The number of amides is 2. The van der Waals surface area contributed by atoms with Gasteiger partial charge in [-0.05, 0) is 62.4 Å². The highest BCUT2D eigenvalue weighted by Gasteiger charge is 2.29. The molecular weight excluding hydrogens is 376 g/mol. The van der Waals surface area contributed by atoms with Crippen molar-refractivity contribution in [3.8, 4) is 5.69 Å². The van der Waals surface area contributed by atoms with Gasteiger partial charge in [-0.25, -0.2) is 4.98 Å². The Morgan fingerprint density at radius 2 is 1.83 bits per heavy atom. The molecule has 1 aliphatic rings. The van der Waals surface area contributed by atoms with E-state index >= 15 is 0 Å². The molecule has 0 radical (unpaired) electrons. The summed E-state index contributed by atoms with van der Waals surface area (Å²) in [5.41, 5.74) is 2.77. The fourth-order valence-corrected chi connectivity index (χ4v) is 3.29. The molecule has 3 aromatic rings. The molecule has 2 amide bonds. The van der Waals surface area contributed by atoms with Crippen molar-refractivity contribution in [3.05, 3.63) is 78.2 Å². The van der Waals surface area contributed by atoms with Crippen molar-refractivity contribution in [3.63, 3.8) is 0 Å². The standard InChI is InChI=1S/C24H26N4O2/c1-17(7-8-18-5-3-2-4-6-18)26-23(29)20-11-13-21(14-12-20)28-15-22(25-16-28)27-24(30)19-9-10-19/h2-6,11-17,19H,7-10H2,1H3,(H,26,29)(H,27,30)/t17-/m1/s1. The summed E-state index contributed by atoms with van der Waals surface area (Å²) in [6.07, 6.45) is 7.17. The summed E-state index contributed by atoms with van der Waals surface area (Å²) < 4.78 is 1.83. The molecule has 0 saturated heterocycles. The summed E-state index contributed by atoms with van der Waals surface area (Å²) in [7, 11) is 0. The molecule has 1 saturated carbocycles. The SMILES string of the molecule is C[C@H](CCc1ccccc1)NC(=O)c1ccc(-n2cnc(NC(=O)C3CC3)c2)cc1. The Kier molecular flexibility index (Phi) is 5.93. The van der Waals surface area contributed by atoms with Crippen LogP contribution in [0, 0.1) is 5.92 Å². The second kappa shape index (κ2) is 8.95. The van der Waals surface area contributed by atoms with E-state index in [-0.39, 0.29) is 23.8 Å². The van der Waals surface area contributed by atoms with Crippen LogP contribution in [0.25, 0.3) is 5.69 Å². The van der Waals surface area contributed by atoms with E-state index in [4.69, 9.17) is 0 Å². The molecule has 2 aromatic carbocycles. The number of carbonyl (C=O) groups is 2. The Morgan fingerprint density at radius 1 is 1.10 bits per heavy atom. The minimum atomic E-state index is -0.0786.